The van der Waals surface area contributed by atoms with E-state index in [1.165, 1.54) is 31.2 Å². The molecule has 3 amide bonds. The van der Waals surface area contributed by atoms with E-state index in [-0.39, 0.29) is 11.3 Å². The summed E-state index contributed by atoms with van der Waals surface area (Å²) in [7, 11) is 1.05. The molecule has 0 aliphatic heterocycles. The maximum atomic E-state index is 12.3. The molecular weight excluding hydrogens is 358 g/mol. The first-order valence-corrected chi connectivity index (χ1v) is 7.15. The van der Waals surface area contributed by atoms with E-state index in [1.54, 1.807) is 5.32 Å². The van der Waals surface area contributed by atoms with Gasteiger partial charge in [0, 0.05) is 0 Å². The molecule has 1 aromatic rings. The quantitative estimate of drug-likeness (QED) is 0.678. The SMILES string of the molecule is COC(=O)NC(=O)[C@H](C)OC(=O)CNC(=O)c1ccccc1OC(F)F. The van der Waals surface area contributed by atoms with Gasteiger partial charge in [-0.05, 0) is 19.1 Å². The van der Waals surface area contributed by atoms with Crippen molar-refractivity contribution in [2.45, 2.75) is 19.6 Å². The fraction of sp³-hybridized carbons (Fsp3) is 0.333. The van der Waals surface area contributed by atoms with Gasteiger partial charge in [0.25, 0.3) is 11.8 Å². The molecule has 0 saturated carbocycles. The largest absolute Gasteiger partial charge is 0.453 e. The zero-order valence-electron chi connectivity index (χ0n) is 13.8. The molecule has 2 N–H and O–H groups in total. The van der Waals surface area contributed by atoms with Gasteiger partial charge in [0.05, 0.1) is 12.7 Å². The summed E-state index contributed by atoms with van der Waals surface area (Å²) in [5.41, 5.74) is -0.211. The van der Waals surface area contributed by atoms with E-state index in [4.69, 9.17) is 4.74 Å². The third-order valence-electron chi connectivity index (χ3n) is 2.83. The van der Waals surface area contributed by atoms with Gasteiger partial charge in [0.15, 0.2) is 6.10 Å². The van der Waals surface area contributed by atoms with E-state index < -0.39 is 43.1 Å². The Kier molecular flexibility index (Phi) is 7.93. The number of hydrogen-bond donors (Lipinski definition) is 2. The van der Waals surface area contributed by atoms with Crippen molar-refractivity contribution in [3.63, 3.8) is 0 Å². The highest BCUT2D eigenvalue weighted by atomic mass is 19.3. The Hall–Kier alpha value is -3.24. The Morgan fingerprint density at radius 3 is 2.42 bits per heavy atom. The van der Waals surface area contributed by atoms with Gasteiger partial charge in [0.2, 0.25) is 0 Å². The van der Waals surface area contributed by atoms with Crippen LogP contribution in [0.4, 0.5) is 13.6 Å². The van der Waals surface area contributed by atoms with Crippen molar-refractivity contribution >= 4 is 23.9 Å². The molecule has 0 spiro atoms. The number of halogens is 2. The van der Waals surface area contributed by atoms with Gasteiger partial charge in [-0.1, -0.05) is 12.1 Å². The van der Waals surface area contributed by atoms with E-state index in [0.717, 1.165) is 7.11 Å². The first kappa shape index (κ1) is 20.8. The average Bonchev–Trinajstić information content (AvgIpc) is 2.59. The molecule has 0 radical (unpaired) electrons. The van der Waals surface area contributed by atoms with Crippen LogP contribution in [-0.4, -0.2) is 50.2 Å². The van der Waals surface area contributed by atoms with Crippen LogP contribution in [-0.2, 0) is 19.1 Å². The minimum absolute atomic E-state index is 0.211. The highest BCUT2D eigenvalue weighted by Gasteiger charge is 2.21. The van der Waals surface area contributed by atoms with E-state index in [1.807, 2.05) is 0 Å². The van der Waals surface area contributed by atoms with Gasteiger partial charge in [0.1, 0.15) is 12.3 Å². The summed E-state index contributed by atoms with van der Waals surface area (Å²) in [6, 6.07) is 5.21. The fourth-order valence-corrected chi connectivity index (χ4v) is 1.65. The van der Waals surface area contributed by atoms with Crippen molar-refractivity contribution in [2.24, 2.45) is 0 Å². The van der Waals surface area contributed by atoms with Crippen LogP contribution in [0.1, 0.15) is 17.3 Å². The average molecular weight is 374 g/mol. The number of carbonyl (C=O) groups is 4. The van der Waals surface area contributed by atoms with E-state index >= 15 is 0 Å². The topological polar surface area (TPSA) is 120 Å². The minimum atomic E-state index is -3.12. The smallest absolute Gasteiger partial charge is 0.413 e. The highest BCUT2D eigenvalue weighted by Crippen LogP contribution is 2.19. The molecule has 26 heavy (non-hydrogen) atoms. The van der Waals surface area contributed by atoms with E-state index in [0.29, 0.717) is 0 Å². The van der Waals surface area contributed by atoms with Gasteiger partial charge >= 0.3 is 18.7 Å². The monoisotopic (exact) mass is 374 g/mol. The number of alkyl halides is 2. The van der Waals surface area contributed by atoms with Gasteiger partial charge in [-0.15, -0.1) is 0 Å². The lowest BCUT2D eigenvalue weighted by Gasteiger charge is -2.13. The molecule has 0 bridgehead atoms. The van der Waals surface area contributed by atoms with Crippen LogP contribution in [0.15, 0.2) is 24.3 Å². The lowest BCUT2D eigenvalue weighted by molar-refractivity contribution is -0.153. The standard InChI is InChI=1S/C15H16F2N2O7/c1-8(12(21)19-15(23)24-2)25-11(20)7-18-13(22)9-5-3-4-6-10(9)26-14(16)17/h3-6,8,14H,7H2,1-2H3,(H,18,22)(H,19,21,23)/t8-/m0/s1. The number of carbonyl (C=O) groups excluding carboxylic acids is 4. The number of ether oxygens (including phenoxy) is 3. The van der Waals surface area contributed by atoms with Gasteiger partial charge in [-0.2, -0.15) is 8.78 Å². The molecule has 142 valence electrons. The molecule has 11 heteroatoms. The predicted octanol–water partition coefficient (Wildman–Crippen LogP) is 0.832. The number of esters is 1. The first-order valence-electron chi connectivity index (χ1n) is 7.15. The van der Waals surface area contributed by atoms with Crippen LogP contribution in [0.25, 0.3) is 0 Å². The Labute approximate surface area is 146 Å². The Morgan fingerprint density at radius 2 is 1.81 bits per heavy atom. The number of alkyl carbamates (subject to hydrolysis) is 1. The van der Waals surface area contributed by atoms with E-state index in [2.05, 4.69) is 14.8 Å². The van der Waals surface area contributed by atoms with E-state index in [9.17, 15) is 28.0 Å². The molecule has 0 aliphatic carbocycles. The van der Waals surface area contributed by atoms with Crippen molar-refractivity contribution < 1.29 is 42.2 Å². The molecule has 0 aliphatic rings. The van der Waals surface area contributed by atoms with Gasteiger partial charge < -0.3 is 19.5 Å². The molecule has 0 fully saturated rings. The Balaban J connectivity index is 2.56. The number of amides is 3. The Morgan fingerprint density at radius 1 is 1.15 bits per heavy atom. The second kappa shape index (κ2) is 9.91. The lowest BCUT2D eigenvalue weighted by atomic mass is 10.2. The summed E-state index contributed by atoms with van der Waals surface area (Å²) >= 11 is 0. The van der Waals surface area contributed by atoms with Gasteiger partial charge in [-0.3, -0.25) is 19.7 Å². The molecule has 0 unspecified atom stereocenters. The van der Waals surface area contributed by atoms with Crippen LogP contribution >= 0.6 is 0 Å². The van der Waals surface area contributed by atoms with Crippen LogP contribution in [0.2, 0.25) is 0 Å². The number of nitrogens with one attached hydrogen (secondary N) is 2. The molecule has 0 saturated heterocycles. The summed E-state index contributed by atoms with van der Waals surface area (Å²) < 4.78 is 37.8. The van der Waals surface area contributed by atoms with Crippen molar-refractivity contribution in [2.75, 3.05) is 13.7 Å². The number of methoxy groups -OCH3 is 1. The summed E-state index contributed by atoms with van der Waals surface area (Å²) in [6.07, 6.45) is -2.35. The molecular formula is C15H16F2N2O7. The predicted molar refractivity (Wildman–Crippen MR) is 81.5 cm³/mol. The first-order chi connectivity index (χ1) is 12.2. The maximum absolute atomic E-state index is 12.3. The van der Waals surface area contributed by atoms with Crippen molar-refractivity contribution in [3.8, 4) is 5.75 Å². The maximum Gasteiger partial charge on any atom is 0.413 e. The van der Waals surface area contributed by atoms with Crippen molar-refractivity contribution in [1.29, 1.82) is 0 Å². The summed E-state index contributed by atoms with van der Waals surface area (Å²) in [5.74, 6) is -3.13. The molecule has 1 rings (SSSR count). The molecule has 0 aromatic heterocycles. The number of para-hydroxylation sites is 1. The number of benzene rings is 1. The third-order valence-corrected chi connectivity index (χ3v) is 2.83. The molecule has 1 aromatic carbocycles. The summed E-state index contributed by atoms with van der Waals surface area (Å²) in [6.45, 7) is -2.57. The van der Waals surface area contributed by atoms with Crippen LogP contribution in [0.3, 0.4) is 0 Å². The number of rotatable bonds is 7. The number of imide groups is 1. The van der Waals surface area contributed by atoms with Crippen molar-refractivity contribution in [1.82, 2.24) is 10.6 Å². The fourth-order valence-electron chi connectivity index (χ4n) is 1.65. The molecule has 1 atom stereocenters. The zero-order chi connectivity index (χ0) is 19.7. The van der Waals surface area contributed by atoms with Crippen LogP contribution in [0.5, 0.6) is 5.75 Å². The zero-order valence-corrected chi connectivity index (χ0v) is 13.8. The summed E-state index contributed by atoms with van der Waals surface area (Å²) in [4.78, 5) is 46.0. The molecule has 9 nitrogen and oxygen atoms in total. The summed E-state index contributed by atoms with van der Waals surface area (Å²) in [5, 5.41) is 3.95. The van der Waals surface area contributed by atoms with Crippen molar-refractivity contribution in [3.05, 3.63) is 29.8 Å². The normalized spacial score (nSPS) is 11.3. The van der Waals surface area contributed by atoms with Gasteiger partial charge in [-0.25, -0.2) is 4.79 Å². The lowest BCUT2D eigenvalue weighted by Crippen LogP contribution is -2.41. The Bertz CT molecular complexity index is 682. The minimum Gasteiger partial charge on any atom is -0.453 e. The number of hydrogen-bond acceptors (Lipinski definition) is 7. The third kappa shape index (κ3) is 6.71. The second-order valence-corrected chi connectivity index (χ2v) is 4.67. The highest BCUT2D eigenvalue weighted by molar-refractivity contribution is 5.99. The van der Waals surface area contributed by atoms with Crippen LogP contribution < -0.4 is 15.4 Å². The molecule has 0 heterocycles. The van der Waals surface area contributed by atoms with Crippen LogP contribution in [0, 0.1) is 0 Å². The second-order valence-electron chi connectivity index (χ2n) is 4.67.